The summed E-state index contributed by atoms with van der Waals surface area (Å²) in [6.45, 7) is 4.20. The van der Waals surface area contributed by atoms with Crippen LogP contribution in [0.2, 0.25) is 0 Å². The molecule has 0 radical (unpaired) electrons. The molecule has 0 fully saturated rings. The van der Waals surface area contributed by atoms with Crippen LogP contribution in [0.5, 0.6) is 0 Å². The highest BCUT2D eigenvalue weighted by Gasteiger charge is 2.07. The molecule has 3 heteroatoms. The number of nitrogens with one attached hydrogen (secondary N) is 1. The van der Waals surface area contributed by atoms with Gasteiger partial charge in [0.2, 0.25) is 0 Å². The molecule has 1 aromatic heterocycles. The number of aromatic amines is 1. The van der Waals surface area contributed by atoms with Gasteiger partial charge >= 0.3 is 0 Å². The minimum absolute atomic E-state index is 1.13. The summed E-state index contributed by atoms with van der Waals surface area (Å²) in [4.78, 5) is 0. The highest BCUT2D eigenvalue weighted by atomic mass is 79.9. The van der Waals surface area contributed by atoms with Gasteiger partial charge in [0.25, 0.3) is 0 Å². The Morgan fingerprint density at radius 2 is 2.07 bits per heavy atom. The van der Waals surface area contributed by atoms with E-state index in [1.54, 1.807) is 0 Å². The molecule has 0 aliphatic heterocycles. The van der Waals surface area contributed by atoms with Gasteiger partial charge in [0.15, 0.2) is 0 Å². The molecule has 2 nitrogen and oxygen atoms in total. The molecule has 2 rings (SSSR count). The normalized spacial score (nSPS) is 10.5. The van der Waals surface area contributed by atoms with Crippen LogP contribution in [0.25, 0.3) is 11.1 Å². The van der Waals surface area contributed by atoms with Crippen LogP contribution in [0.1, 0.15) is 11.1 Å². The van der Waals surface area contributed by atoms with Gasteiger partial charge in [0.1, 0.15) is 0 Å². The number of aromatic nitrogens is 2. The van der Waals surface area contributed by atoms with Crippen molar-refractivity contribution in [3.8, 4) is 11.1 Å². The molecule has 1 N–H and O–H groups in total. The Hall–Kier alpha value is -1.09. The maximum absolute atomic E-state index is 3.95. The van der Waals surface area contributed by atoms with Crippen LogP contribution in [-0.2, 0) is 0 Å². The number of hydrogen-bond donors (Lipinski definition) is 1. The molecular formula is C11H11BrN2. The Bertz CT molecular complexity index is 447. The number of benzene rings is 1. The highest BCUT2D eigenvalue weighted by Crippen LogP contribution is 2.30. The van der Waals surface area contributed by atoms with Crippen molar-refractivity contribution in [1.82, 2.24) is 10.2 Å². The van der Waals surface area contributed by atoms with Crippen LogP contribution in [0, 0.1) is 13.8 Å². The zero-order valence-corrected chi connectivity index (χ0v) is 9.72. The zero-order chi connectivity index (χ0) is 10.1. The van der Waals surface area contributed by atoms with Gasteiger partial charge in [-0.15, -0.1) is 0 Å². The van der Waals surface area contributed by atoms with Crippen LogP contribution >= 0.6 is 15.9 Å². The molecule has 0 bridgehead atoms. The average Bonchev–Trinajstić information content (AvgIpc) is 2.67. The van der Waals surface area contributed by atoms with Crippen molar-refractivity contribution in [1.29, 1.82) is 0 Å². The number of H-pyrrole nitrogens is 1. The number of hydrogen-bond acceptors (Lipinski definition) is 1. The second kappa shape index (κ2) is 3.58. The lowest BCUT2D eigenvalue weighted by Crippen LogP contribution is -1.86. The first-order chi connectivity index (χ1) is 6.70. The van der Waals surface area contributed by atoms with E-state index >= 15 is 0 Å². The Morgan fingerprint density at radius 1 is 1.29 bits per heavy atom. The highest BCUT2D eigenvalue weighted by molar-refractivity contribution is 9.10. The Kier molecular flexibility index (Phi) is 2.42. The van der Waals surface area contributed by atoms with Gasteiger partial charge in [0.05, 0.1) is 6.20 Å². The molecular weight excluding hydrogens is 240 g/mol. The second-order valence-electron chi connectivity index (χ2n) is 3.36. The van der Waals surface area contributed by atoms with E-state index in [0.717, 1.165) is 5.56 Å². The maximum Gasteiger partial charge on any atom is 0.0565 e. The molecule has 0 aliphatic rings. The van der Waals surface area contributed by atoms with Gasteiger partial charge in [-0.3, -0.25) is 5.10 Å². The van der Waals surface area contributed by atoms with E-state index in [9.17, 15) is 0 Å². The number of rotatable bonds is 1. The smallest absolute Gasteiger partial charge is 0.0565 e. The Morgan fingerprint density at radius 3 is 2.71 bits per heavy atom. The van der Waals surface area contributed by atoms with Crippen LogP contribution in [0.15, 0.2) is 29.0 Å². The molecule has 1 heterocycles. The van der Waals surface area contributed by atoms with Crippen LogP contribution in [-0.4, -0.2) is 10.2 Å². The van der Waals surface area contributed by atoms with Gasteiger partial charge < -0.3 is 0 Å². The fraction of sp³-hybridized carbons (Fsp3) is 0.182. The summed E-state index contributed by atoms with van der Waals surface area (Å²) < 4.78 is 1.18. The lowest BCUT2D eigenvalue weighted by molar-refractivity contribution is 1.09. The molecule has 0 unspecified atom stereocenters. The lowest BCUT2D eigenvalue weighted by Gasteiger charge is -2.07. The molecule has 0 saturated carbocycles. The topological polar surface area (TPSA) is 28.7 Å². The van der Waals surface area contributed by atoms with Crippen molar-refractivity contribution in [2.24, 2.45) is 0 Å². The Balaban J connectivity index is 2.61. The van der Waals surface area contributed by atoms with Crippen molar-refractivity contribution in [3.05, 3.63) is 40.1 Å². The van der Waals surface area contributed by atoms with Crippen LogP contribution in [0.4, 0.5) is 0 Å². The first kappa shape index (κ1) is 9.46. The summed E-state index contributed by atoms with van der Waals surface area (Å²) in [5.74, 6) is 0. The third-order valence-corrected chi connectivity index (χ3v) is 3.61. The van der Waals surface area contributed by atoms with Gasteiger partial charge in [0, 0.05) is 16.2 Å². The van der Waals surface area contributed by atoms with Crippen molar-refractivity contribution < 1.29 is 0 Å². The minimum atomic E-state index is 1.13. The zero-order valence-electron chi connectivity index (χ0n) is 8.13. The summed E-state index contributed by atoms with van der Waals surface area (Å²) in [5, 5.41) is 6.78. The number of halogens is 1. The van der Waals surface area contributed by atoms with E-state index in [-0.39, 0.29) is 0 Å². The van der Waals surface area contributed by atoms with Crippen molar-refractivity contribution in [3.63, 3.8) is 0 Å². The lowest BCUT2D eigenvalue weighted by atomic mass is 10.0. The molecule has 0 spiro atoms. The van der Waals surface area contributed by atoms with E-state index < -0.39 is 0 Å². The van der Waals surface area contributed by atoms with Crippen molar-refractivity contribution in [2.45, 2.75) is 13.8 Å². The van der Waals surface area contributed by atoms with Gasteiger partial charge in [-0.05, 0) is 30.5 Å². The van der Waals surface area contributed by atoms with Crippen LogP contribution in [0.3, 0.4) is 0 Å². The summed E-state index contributed by atoms with van der Waals surface area (Å²) in [7, 11) is 0. The number of aryl methyl sites for hydroxylation is 1. The van der Waals surface area contributed by atoms with Crippen LogP contribution < -0.4 is 0 Å². The minimum Gasteiger partial charge on any atom is -0.285 e. The van der Waals surface area contributed by atoms with Gasteiger partial charge in [-0.25, -0.2) is 0 Å². The summed E-state index contributed by atoms with van der Waals surface area (Å²) in [5.41, 5.74) is 4.86. The molecule has 2 aromatic rings. The first-order valence-electron chi connectivity index (χ1n) is 4.45. The quantitative estimate of drug-likeness (QED) is 0.826. The van der Waals surface area contributed by atoms with Crippen molar-refractivity contribution in [2.75, 3.05) is 0 Å². The molecule has 0 saturated heterocycles. The Labute approximate surface area is 91.5 Å². The van der Waals surface area contributed by atoms with Crippen molar-refractivity contribution >= 4 is 15.9 Å². The van der Waals surface area contributed by atoms with E-state index in [1.165, 1.54) is 21.2 Å². The second-order valence-corrected chi connectivity index (χ2v) is 4.15. The molecule has 0 amide bonds. The van der Waals surface area contributed by atoms with E-state index in [4.69, 9.17) is 0 Å². The van der Waals surface area contributed by atoms with E-state index in [1.807, 2.05) is 12.4 Å². The van der Waals surface area contributed by atoms with E-state index in [0.29, 0.717) is 0 Å². The molecule has 0 atom stereocenters. The third kappa shape index (κ3) is 1.48. The van der Waals surface area contributed by atoms with E-state index in [2.05, 4.69) is 52.1 Å². The fourth-order valence-electron chi connectivity index (χ4n) is 1.53. The largest absolute Gasteiger partial charge is 0.285 e. The standard InChI is InChI=1S/C11H11BrN2/c1-7-3-4-10(8(2)11(7)12)9-5-13-14-6-9/h3-6H,1-2H3,(H,13,14). The predicted molar refractivity (Wildman–Crippen MR) is 61.2 cm³/mol. The molecule has 0 aliphatic carbocycles. The first-order valence-corrected chi connectivity index (χ1v) is 5.24. The SMILES string of the molecule is Cc1ccc(-c2cn[nH]c2)c(C)c1Br. The molecule has 14 heavy (non-hydrogen) atoms. The predicted octanol–water partition coefficient (Wildman–Crippen LogP) is 3.46. The summed E-state index contributed by atoms with van der Waals surface area (Å²) in [6, 6.07) is 4.24. The maximum atomic E-state index is 3.95. The van der Waals surface area contributed by atoms with Gasteiger partial charge in [-0.1, -0.05) is 28.1 Å². The average molecular weight is 251 g/mol. The monoisotopic (exact) mass is 250 g/mol. The summed E-state index contributed by atoms with van der Waals surface area (Å²) >= 11 is 3.58. The molecule has 72 valence electrons. The summed E-state index contributed by atoms with van der Waals surface area (Å²) in [6.07, 6.45) is 3.74. The van der Waals surface area contributed by atoms with Gasteiger partial charge in [-0.2, -0.15) is 5.10 Å². The number of nitrogens with zero attached hydrogens (tertiary/aromatic N) is 1. The third-order valence-electron chi connectivity index (χ3n) is 2.39. The molecule has 1 aromatic carbocycles. The fourth-order valence-corrected chi connectivity index (χ4v) is 1.88.